The van der Waals surface area contributed by atoms with E-state index in [0.717, 1.165) is 18.4 Å². The summed E-state index contributed by atoms with van der Waals surface area (Å²) in [5.41, 5.74) is 12.2. The maximum Gasteiger partial charge on any atom is 0.254 e. The summed E-state index contributed by atoms with van der Waals surface area (Å²) in [6.07, 6.45) is 1.79. The van der Waals surface area contributed by atoms with Gasteiger partial charge in [-0.2, -0.15) is 0 Å². The highest BCUT2D eigenvalue weighted by molar-refractivity contribution is 5.96. The number of primary amides is 1. The zero-order valence-corrected chi connectivity index (χ0v) is 11.3. The smallest absolute Gasteiger partial charge is 0.254 e. The van der Waals surface area contributed by atoms with Crippen molar-refractivity contribution >= 4 is 11.8 Å². The molecule has 0 bridgehead atoms. The highest BCUT2D eigenvalue weighted by Gasteiger charge is 2.17. The molecule has 0 spiro atoms. The Morgan fingerprint density at radius 2 is 2.05 bits per heavy atom. The van der Waals surface area contributed by atoms with Crippen LogP contribution in [0.4, 0.5) is 0 Å². The highest BCUT2D eigenvalue weighted by Crippen LogP contribution is 2.09. The summed E-state index contributed by atoms with van der Waals surface area (Å²) in [4.78, 5) is 24.9. The van der Waals surface area contributed by atoms with Crippen molar-refractivity contribution in [2.45, 2.75) is 26.3 Å². The van der Waals surface area contributed by atoms with Gasteiger partial charge in [0.25, 0.3) is 5.91 Å². The van der Waals surface area contributed by atoms with Gasteiger partial charge in [0.2, 0.25) is 5.91 Å². The van der Waals surface area contributed by atoms with Gasteiger partial charge >= 0.3 is 0 Å². The van der Waals surface area contributed by atoms with Gasteiger partial charge in [-0.15, -0.1) is 0 Å². The summed E-state index contributed by atoms with van der Waals surface area (Å²) in [5, 5.41) is 0. The van der Waals surface area contributed by atoms with Crippen LogP contribution < -0.4 is 11.5 Å². The molecule has 0 aliphatic carbocycles. The van der Waals surface area contributed by atoms with E-state index in [1.807, 2.05) is 13.0 Å². The molecule has 0 saturated heterocycles. The quantitative estimate of drug-likeness (QED) is 0.765. The molecule has 1 rings (SSSR count). The number of rotatable bonds is 7. The molecule has 2 amide bonds. The predicted octanol–water partition coefficient (Wildman–Crippen LogP) is 0.873. The van der Waals surface area contributed by atoms with Crippen LogP contribution in [0, 0.1) is 0 Å². The van der Waals surface area contributed by atoms with Gasteiger partial charge in [0, 0.05) is 18.7 Å². The number of hydrogen-bond donors (Lipinski definition) is 2. The fraction of sp³-hybridized carbons (Fsp3) is 0.429. The topological polar surface area (TPSA) is 89.4 Å². The fourth-order valence-electron chi connectivity index (χ4n) is 1.80. The summed E-state index contributed by atoms with van der Waals surface area (Å²) in [5.74, 6) is -0.679. The minimum atomic E-state index is -0.501. The Kier molecular flexibility index (Phi) is 6.02. The Bertz CT molecular complexity index is 446. The molecule has 0 aromatic heterocycles. The Morgan fingerprint density at radius 1 is 1.32 bits per heavy atom. The number of carbonyl (C=O) groups excluding carboxylic acids is 2. The monoisotopic (exact) mass is 263 g/mol. The van der Waals surface area contributed by atoms with Crippen molar-refractivity contribution in [1.82, 2.24) is 4.90 Å². The molecule has 0 saturated carbocycles. The molecule has 104 valence electrons. The largest absolute Gasteiger partial charge is 0.368 e. The average Bonchev–Trinajstić information content (AvgIpc) is 2.42. The van der Waals surface area contributed by atoms with Gasteiger partial charge in [0.1, 0.15) is 0 Å². The average molecular weight is 263 g/mol. The maximum absolute atomic E-state index is 12.3. The minimum Gasteiger partial charge on any atom is -0.368 e. The second-order valence-corrected chi connectivity index (χ2v) is 4.45. The van der Waals surface area contributed by atoms with Crippen molar-refractivity contribution < 1.29 is 9.59 Å². The Balaban J connectivity index is 2.87. The van der Waals surface area contributed by atoms with Crippen molar-refractivity contribution in [2.75, 3.05) is 13.1 Å². The first-order chi connectivity index (χ1) is 9.08. The first-order valence-corrected chi connectivity index (χ1v) is 6.45. The molecular formula is C14H21N3O2. The molecule has 5 nitrogen and oxygen atoms in total. The van der Waals surface area contributed by atoms with E-state index in [0.29, 0.717) is 18.7 Å². The maximum atomic E-state index is 12.3. The van der Waals surface area contributed by atoms with Gasteiger partial charge in [0.15, 0.2) is 0 Å². The molecule has 4 N–H and O–H groups in total. The van der Waals surface area contributed by atoms with Crippen LogP contribution in [-0.2, 0) is 11.3 Å². The van der Waals surface area contributed by atoms with E-state index in [-0.39, 0.29) is 12.5 Å². The number of amides is 2. The number of nitrogens with zero attached hydrogens (tertiary/aromatic N) is 1. The van der Waals surface area contributed by atoms with Crippen molar-refractivity contribution in [3.63, 3.8) is 0 Å². The summed E-state index contributed by atoms with van der Waals surface area (Å²) >= 11 is 0. The lowest BCUT2D eigenvalue weighted by molar-refractivity contribution is -0.118. The molecule has 0 aliphatic heterocycles. The first kappa shape index (κ1) is 15.2. The van der Waals surface area contributed by atoms with E-state index in [2.05, 4.69) is 0 Å². The third-order valence-electron chi connectivity index (χ3n) is 2.83. The number of unbranched alkanes of at least 4 members (excludes halogenated alkanes) is 1. The van der Waals surface area contributed by atoms with E-state index < -0.39 is 5.91 Å². The molecular weight excluding hydrogens is 242 g/mol. The van der Waals surface area contributed by atoms with E-state index in [4.69, 9.17) is 11.5 Å². The van der Waals surface area contributed by atoms with Crippen molar-refractivity contribution in [1.29, 1.82) is 0 Å². The van der Waals surface area contributed by atoms with Gasteiger partial charge < -0.3 is 16.4 Å². The lowest BCUT2D eigenvalue weighted by Gasteiger charge is -2.21. The lowest BCUT2D eigenvalue weighted by atomic mass is 10.1. The molecule has 1 aromatic rings. The van der Waals surface area contributed by atoms with E-state index in [1.54, 1.807) is 18.2 Å². The van der Waals surface area contributed by atoms with E-state index in [9.17, 15) is 9.59 Å². The van der Waals surface area contributed by atoms with Crippen LogP contribution in [0.2, 0.25) is 0 Å². The number of nitrogens with two attached hydrogens (primary N) is 2. The molecule has 1 aromatic carbocycles. The highest BCUT2D eigenvalue weighted by atomic mass is 16.2. The summed E-state index contributed by atoms with van der Waals surface area (Å²) in [7, 11) is 0. The van der Waals surface area contributed by atoms with Crippen molar-refractivity contribution in [3.8, 4) is 0 Å². The Labute approximate surface area is 113 Å². The summed E-state index contributed by atoms with van der Waals surface area (Å²) < 4.78 is 0. The number of benzene rings is 1. The van der Waals surface area contributed by atoms with Gasteiger partial charge in [-0.25, -0.2) is 0 Å². The zero-order chi connectivity index (χ0) is 14.3. The van der Waals surface area contributed by atoms with E-state index >= 15 is 0 Å². The fourth-order valence-corrected chi connectivity index (χ4v) is 1.80. The lowest BCUT2D eigenvalue weighted by Crippen LogP contribution is -2.39. The van der Waals surface area contributed by atoms with Gasteiger partial charge in [-0.1, -0.05) is 25.5 Å². The summed E-state index contributed by atoms with van der Waals surface area (Å²) in [6.45, 7) is 2.89. The van der Waals surface area contributed by atoms with Crippen LogP contribution in [0.15, 0.2) is 24.3 Å². The molecule has 0 fully saturated rings. The Morgan fingerprint density at radius 3 is 2.63 bits per heavy atom. The molecule has 0 unspecified atom stereocenters. The number of hydrogen-bond acceptors (Lipinski definition) is 3. The molecule has 0 radical (unpaired) electrons. The van der Waals surface area contributed by atoms with Crippen LogP contribution in [0.25, 0.3) is 0 Å². The third kappa shape index (κ3) is 4.71. The molecule has 5 heteroatoms. The van der Waals surface area contributed by atoms with Crippen LogP contribution >= 0.6 is 0 Å². The first-order valence-electron chi connectivity index (χ1n) is 6.45. The van der Waals surface area contributed by atoms with Gasteiger partial charge in [-0.3, -0.25) is 9.59 Å². The molecule has 0 atom stereocenters. The normalized spacial score (nSPS) is 10.2. The minimum absolute atomic E-state index is 0.0499. The van der Waals surface area contributed by atoms with Crippen LogP contribution in [0.5, 0.6) is 0 Å². The van der Waals surface area contributed by atoms with Crippen LogP contribution in [0.3, 0.4) is 0 Å². The molecule has 19 heavy (non-hydrogen) atoms. The molecule has 0 heterocycles. The van der Waals surface area contributed by atoms with E-state index in [1.165, 1.54) is 4.90 Å². The van der Waals surface area contributed by atoms with Crippen molar-refractivity contribution in [2.24, 2.45) is 11.5 Å². The zero-order valence-electron chi connectivity index (χ0n) is 11.3. The second kappa shape index (κ2) is 7.53. The van der Waals surface area contributed by atoms with Crippen molar-refractivity contribution in [3.05, 3.63) is 35.4 Å². The van der Waals surface area contributed by atoms with Gasteiger partial charge in [-0.05, 0) is 24.1 Å². The third-order valence-corrected chi connectivity index (χ3v) is 2.83. The Hall–Kier alpha value is -1.88. The van der Waals surface area contributed by atoms with Crippen LogP contribution in [0.1, 0.15) is 35.7 Å². The second-order valence-electron chi connectivity index (χ2n) is 4.45. The standard InChI is InChI=1S/C14H21N3O2/c1-2-3-7-17(10-13(16)18)14(19)12-6-4-5-11(8-12)9-15/h4-6,8H,2-3,7,9-10,15H2,1H3,(H2,16,18). The molecule has 0 aliphatic rings. The predicted molar refractivity (Wildman–Crippen MR) is 74.3 cm³/mol. The summed E-state index contributed by atoms with van der Waals surface area (Å²) in [6, 6.07) is 7.13. The van der Waals surface area contributed by atoms with Crippen LogP contribution in [-0.4, -0.2) is 29.8 Å². The number of carbonyl (C=O) groups is 2. The van der Waals surface area contributed by atoms with Gasteiger partial charge in [0.05, 0.1) is 6.54 Å². The SMILES string of the molecule is CCCCN(CC(N)=O)C(=O)c1cccc(CN)c1.